The Kier molecular flexibility index (Phi) is 8.99. The molecule has 2 rings (SSSR count). The maximum Gasteiger partial charge on any atom is 0.191 e. The topological polar surface area (TPSA) is 79.8 Å². The number of nitrogens with zero attached hydrogens (tertiary/aromatic N) is 1. The number of rotatable bonds is 10. The van der Waals surface area contributed by atoms with Crippen LogP contribution in [0, 0.1) is 6.92 Å². The first-order chi connectivity index (χ1) is 14.0. The molecule has 0 fully saturated rings. The van der Waals surface area contributed by atoms with E-state index in [4.69, 9.17) is 4.74 Å². The lowest BCUT2D eigenvalue weighted by Crippen LogP contribution is -2.37. The van der Waals surface area contributed by atoms with Crippen molar-refractivity contribution in [1.82, 2.24) is 10.6 Å². The van der Waals surface area contributed by atoms with Crippen molar-refractivity contribution in [2.24, 2.45) is 4.99 Å². The van der Waals surface area contributed by atoms with Crippen LogP contribution in [0.4, 0.5) is 0 Å². The SMILES string of the molecule is CCCOc1cc(C)ccc1CNC(=NC)NCCCS(=O)(=O)c1ccccc1. The molecular formula is C22H31N3O3S. The fraction of sp³-hybridized carbons (Fsp3) is 0.409. The van der Waals surface area contributed by atoms with Gasteiger partial charge in [-0.1, -0.05) is 37.3 Å². The van der Waals surface area contributed by atoms with E-state index in [0.717, 1.165) is 23.3 Å². The molecule has 2 N–H and O–H groups in total. The molecule has 0 amide bonds. The molecular weight excluding hydrogens is 386 g/mol. The number of hydrogen-bond acceptors (Lipinski definition) is 4. The van der Waals surface area contributed by atoms with Crippen LogP contribution in [0.1, 0.15) is 30.9 Å². The monoisotopic (exact) mass is 417 g/mol. The van der Waals surface area contributed by atoms with Crippen molar-refractivity contribution in [2.75, 3.05) is 26.0 Å². The molecule has 0 spiro atoms. The maximum absolute atomic E-state index is 12.3. The summed E-state index contributed by atoms with van der Waals surface area (Å²) in [4.78, 5) is 4.57. The van der Waals surface area contributed by atoms with Crippen LogP contribution in [-0.4, -0.2) is 40.3 Å². The zero-order valence-electron chi connectivity index (χ0n) is 17.4. The van der Waals surface area contributed by atoms with Gasteiger partial charge in [-0.15, -0.1) is 0 Å². The van der Waals surface area contributed by atoms with Crippen molar-refractivity contribution >= 4 is 15.8 Å². The smallest absolute Gasteiger partial charge is 0.191 e. The van der Waals surface area contributed by atoms with Gasteiger partial charge in [0.05, 0.1) is 17.3 Å². The van der Waals surface area contributed by atoms with Crippen LogP contribution in [0.5, 0.6) is 5.75 Å². The third-order valence-electron chi connectivity index (χ3n) is 4.34. The third kappa shape index (κ3) is 7.42. The minimum Gasteiger partial charge on any atom is -0.493 e. The van der Waals surface area contributed by atoms with Crippen LogP contribution in [0.2, 0.25) is 0 Å². The molecule has 0 aromatic heterocycles. The lowest BCUT2D eigenvalue weighted by atomic mass is 10.1. The Morgan fingerprint density at radius 3 is 2.55 bits per heavy atom. The highest BCUT2D eigenvalue weighted by Gasteiger charge is 2.13. The number of guanidine groups is 1. The average molecular weight is 418 g/mol. The lowest BCUT2D eigenvalue weighted by molar-refractivity contribution is 0.313. The Morgan fingerprint density at radius 1 is 1.10 bits per heavy atom. The Bertz CT molecular complexity index is 897. The summed E-state index contributed by atoms with van der Waals surface area (Å²) < 4.78 is 30.5. The van der Waals surface area contributed by atoms with E-state index in [1.807, 2.05) is 25.1 Å². The predicted molar refractivity (Wildman–Crippen MR) is 118 cm³/mol. The van der Waals surface area contributed by atoms with Crippen LogP contribution in [0.3, 0.4) is 0 Å². The summed E-state index contributed by atoms with van der Waals surface area (Å²) in [6, 6.07) is 14.7. The van der Waals surface area contributed by atoms with E-state index < -0.39 is 9.84 Å². The van der Waals surface area contributed by atoms with E-state index in [1.54, 1.807) is 31.3 Å². The summed E-state index contributed by atoms with van der Waals surface area (Å²) >= 11 is 0. The zero-order chi connectivity index (χ0) is 21.1. The fourth-order valence-electron chi connectivity index (χ4n) is 2.77. The van der Waals surface area contributed by atoms with Crippen molar-refractivity contribution in [1.29, 1.82) is 0 Å². The lowest BCUT2D eigenvalue weighted by Gasteiger charge is -2.15. The van der Waals surface area contributed by atoms with Crippen molar-refractivity contribution < 1.29 is 13.2 Å². The molecule has 29 heavy (non-hydrogen) atoms. The van der Waals surface area contributed by atoms with E-state index >= 15 is 0 Å². The minimum atomic E-state index is -3.26. The Morgan fingerprint density at radius 2 is 1.86 bits per heavy atom. The quantitative estimate of drug-likeness (QED) is 0.352. The molecule has 0 aliphatic rings. The first kappa shape index (κ1) is 22.7. The van der Waals surface area contributed by atoms with Gasteiger partial charge in [-0.3, -0.25) is 4.99 Å². The summed E-state index contributed by atoms with van der Waals surface area (Å²) in [7, 11) is -1.56. The van der Waals surface area contributed by atoms with Crippen LogP contribution < -0.4 is 15.4 Å². The van der Waals surface area contributed by atoms with Crippen LogP contribution in [0.25, 0.3) is 0 Å². The van der Waals surface area contributed by atoms with Gasteiger partial charge in [-0.2, -0.15) is 0 Å². The van der Waals surface area contributed by atoms with Gasteiger partial charge in [-0.05, 0) is 43.5 Å². The molecule has 6 nitrogen and oxygen atoms in total. The zero-order valence-corrected chi connectivity index (χ0v) is 18.3. The van der Waals surface area contributed by atoms with Crippen molar-refractivity contribution in [3.63, 3.8) is 0 Å². The number of aryl methyl sites for hydroxylation is 1. The molecule has 0 heterocycles. The van der Waals surface area contributed by atoms with E-state index in [2.05, 4.69) is 28.6 Å². The van der Waals surface area contributed by atoms with Gasteiger partial charge in [0, 0.05) is 25.7 Å². The highest BCUT2D eigenvalue weighted by molar-refractivity contribution is 7.91. The summed E-state index contributed by atoms with van der Waals surface area (Å²) in [5, 5.41) is 6.43. The standard InChI is InChI=1S/C22H31N3O3S/c1-4-14-28-21-16-18(2)11-12-19(21)17-25-22(23-3)24-13-8-15-29(26,27)20-9-6-5-7-10-20/h5-7,9-12,16H,4,8,13-15,17H2,1-3H3,(H2,23,24,25). The van der Waals surface area contributed by atoms with Gasteiger partial charge in [0.2, 0.25) is 0 Å². The Labute approximate surface area is 174 Å². The number of aliphatic imine (C=N–C) groups is 1. The van der Waals surface area contributed by atoms with Crippen LogP contribution in [0.15, 0.2) is 58.4 Å². The number of nitrogens with one attached hydrogen (secondary N) is 2. The van der Waals surface area contributed by atoms with Crippen molar-refractivity contribution in [3.8, 4) is 5.75 Å². The van der Waals surface area contributed by atoms with E-state index in [-0.39, 0.29) is 5.75 Å². The second-order valence-electron chi connectivity index (χ2n) is 6.80. The second kappa shape index (κ2) is 11.5. The summed E-state index contributed by atoms with van der Waals surface area (Å²) in [5.41, 5.74) is 2.21. The third-order valence-corrected chi connectivity index (χ3v) is 6.16. The van der Waals surface area contributed by atoms with Gasteiger partial charge in [0.1, 0.15) is 5.75 Å². The van der Waals surface area contributed by atoms with Gasteiger partial charge < -0.3 is 15.4 Å². The average Bonchev–Trinajstić information content (AvgIpc) is 2.73. The molecule has 0 bridgehead atoms. The van der Waals surface area contributed by atoms with Crippen molar-refractivity contribution in [3.05, 3.63) is 59.7 Å². The predicted octanol–water partition coefficient (Wildman–Crippen LogP) is 3.31. The molecule has 0 saturated carbocycles. The van der Waals surface area contributed by atoms with Gasteiger partial charge in [0.15, 0.2) is 15.8 Å². The molecule has 0 atom stereocenters. The molecule has 7 heteroatoms. The number of ether oxygens (including phenoxy) is 1. The molecule has 2 aromatic rings. The van der Waals surface area contributed by atoms with Crippen LogP contribution >= 0.6 is 0 Å². The first-order valence-corrected chi connectivity index (χ1v) is 11.6. The molecule has 0 aliphatic carbocycles. The van der Waals surface area contributed by atoms with Gasteiger partial charge >= 0.3 is 0 Å². The Hall–Kier alpha value is -2.54. The largest absolute Gasteiger partial charge is 0.493 e. The highest BCUT2D eigenvalue weighted by atomic mass is 32.2. The normalized spacial score (nSPS) is 11.9. The number of hydrogen-bond donors (Lipinski definition) is 2. The molecule has 0 unspecified atom stereocenters. The van der Waals surface area contributed by atoms with E-state index in [9.17, 15) is 8.42 Å². The number of sulfone groups is 1. The van der Waals surface area contributed by atoms with Gasteiger partial charge in [-0.25, -0.2) is 8.42 Å². The van der Waals surface area contributed by atoms with E-state index in [1.165, 1.54) is 0 Å². The van der Waals surface area contributed by atoms with Crippen molar-refractivity contribution in [2.45, 2.75) is 38.1 Å². The fourth-order valence-corrected chi connectivity index (χ4v) is 4.10. The molecule has 158 valence electrons. The second-order valence-corrected chi connectivity index (χ2v) is 8.91. The first-order valence-electron chi connectivity index (χ1n) is 9.91. The molecule has 2 aromatic carbocycles. The minimum absolute atomic E-state index is 0.0912. The number of benzene rings is 2. The van der Waals surface area contributed by atoms with Gasteiger partial charge in [0.25, 0.3) is 0 Å². The molecule has 0 aliphatic heterocycles. The highest BCUT2D eigenvalue weighted by Crippen LogP contribution is 2.20. The summed E-state index contributed by atoms with van der Waals surface area (Å²) in [5.74, 6) is 1.60. The van der Waals surface area contributed by atoms with E-state index in [0.29, 0.717) is 37.0 Å². The summed E-state index contributed by atoms with van der Waals surface area (Å²) in [6.45, 7) is 5.89. The molecule has 0 saturated heterocycles. The van der Waals surface area contributed by atoms with Crippen LogP contribution in [-0.2, 0) is 16.4 Å². The maximum atomic E-state index is 12.3. The molecule has 0 radical (unpaired) electrons. The Balaban J connectivity index is 1.83. The summed E-state index contributed by atoms with van der Waals surface area (Å²) in [6.07, 6.45) is 1.45.